The maximum absolute atomic E-state index is 12.1. The molecule has 6 heteroatoms. The largest absolute Gasteiger partial charge is 0.462 e. The van der Waals surface area contributed by atoms with Crippen LogP contribution in [0.25, 0.3) is 0 Å². The van der Waals surface area contributed by atoms with Crippen LogP contribution in [0.2, 0.25) is 0 Å². The van der Waals surface area contributed by atoms with Gasteiger partial charge in [0.15, 0.2) is 0 Å². The molecule has 21 heavy (non-hydrogen) atoms. The van der Waals surface area contributed by atoms with Crippen molar-refractivity contribution in [3.63, 3.8) is 0 Å². The number of unbranched alkanes of at least 4 members (excludes halogenated alkanes) is 2. The molecule has 2 nitrogen and oxygen atoms in total. The van der Waals surface area contributed by atoms with Crippen LogP contribution in [0, 0.1) is 5.92 Å². The van der Waals surface area contributed by atoms with E-state index in [0.717, 1.165) is 32.2 Å². The average molecular weight is 550 g/mol. The minimum atomic E-state index is -0.306. The van der Waals surface area contributed by atoms with Crippen LogP contribution >= 0.6 is 63.7 Å². The van der Waals surface area contributed by atoms with Crippen molar-refractivity contribution >= 4 is 69.7 Å². The highest BCUT2D eigenvalue weighted by Crippen LogP contribution is 2.39. The smallest absolute Gasteiger partial charge is 0.339 e. The third-order valence-electron chi connectivity index (χ3n) is 2.98. The van der Waals surface area contributed by atoms with Crippen molar-refractivity contribution < 1.29 is 9.53 Å². The second kappa shape index (κ2) is 9.68. The van der Waals surface area contributed by atoms with Crippen molar-refractivity contribution in [2.75, 3.05) is 6.61 Å². The van der Waals surface area contributed by atoms with Crippen LogP contribution in [-0.4, -0.2) is 12.6 Å². The number of rotatable bonds is 7. The van der Waals surface area contributed by atoms with Crippen LogP contribution < -0.4 is 0 Å². The SMILES string of the molecule is CC(C)CCCCCOC(=O)c1cc(Br)c(Br)c(Br)c1Br. The highest BCUT2D eigenvalue weighted by Gasteiger charge is 2.18. The van der Waals surface area contributed by atoms with Gasteiger partial charge >= 0.3 is 5.97 Å². The first-order valence-electron chi connectivity index (χ1n) is 6.84. The number of esters is 1. The fraction of sp³-hybridized carbons (Fsp3) is 0.533. The number of benzene rings is 1. The molecule has 0 saturated heterocycles. The molecular weight excluding hydrogens is 532 g/mol. The minimum absolute atomic E-state index is 0.306. The Hall–Kier alpha value is 0.610. The number of ether oxygens (including phenoxy) is 1. The van der Waals surface area contributed by atoms with Crippen molar-refractivity contribution in [1.82, 2.24) is 0 Å². The van der Waals surface area contributed by atoms with Gasteiger partial charge < -0.3 is 4.74 Å². The molecule has 0 fully saturated rings. The first-order valence-corrected chi connectivity index (χ1v) is 10.0. The van der Waals surface area contributed by atoms with Gasteiger partial charge in [0.1, 0.15) is 0 Å². The summed E-state index contributed by atoms with van der Waals surface area (Å²) in [6.45, 7) is 4.91. The van der Waals surface area contributed by atoms with Gasteiger partial charge in [0.25, 0.3) is 0 Å². The molecule has 0 aliphatic carbocycles. The summed E-state index contributed by atoms with van der Waals surface area (Å²) in [6.07, 6.45) is 4.43. The average Bonchev–Trinajstić information content (AvgIpc) is 2.43. The molecule has 0 aromatic heterocycles. The van der Waals surface area contributed by atoms with Gasteiger partial charge in [-0.05, 0) is 82.1 Å². The molecule has 0 aliphatic heterocycles. The molecule has 1 aromatic rings. The van der Waals surface area contributed by atoms with Crippen molar-refractivity contribution in [3.8, 4) is 0 Å². The molecule has 0 N–H and O–H groups in total. The lowest BCUT2D eigenvalue weighted by molar-refractivity contribution is 0.0496. The number of halogens is 4. The fourth-order valence-electron chi connectivity index (χ4n) is 1.80. The van der Waals surface area contributed by atoms with E-state index in [4.69, 9.17) is 4.74 Å². The van der Waals surface area contributed by atoms with Crippen molar-refractivity contribution in [2.24, 2.45) is 5.92 Å². The van der Waals surface area contributed by atoms with E-state index in [1.54, 1.807) is 6.07 Å². The molecule has 0 heterocycles. The lowest BCUT2D eigenvalue weighted by Gasteiger charge is -2.10. The molecule has 0 spiro atoms. The number of carbonyl (C=O) groups excluding carboxylic acids is 1. The van der Waals surface area contributed by atoms with Gasteiger partial charge in [-0.25, -0.2) is 4.79 Å². The molecule has 0 bridgehead atoms. The lowest BCUT2D eigenvalue weighted by atomic mass is 10.1. The second-order valence-corrected chi connectivity index (χ2v) is 8.46. The molecule has 1 aromatic carbocycles. The molecule has 0 amide bonds. The summed E-state index contributed by atoms with van der Waals surface area (Å²) in [5.74, 6) is 0.431. The Balaban J connectivity index is 2.50. The molecule has 0 saturated carbocycles. The van der Waals surface area contributed by atoms with Crippen LogP contribution in [0.15, 0.2) is 24.0 Å². The van der Waals surface area contributed by atoms with E-state index >= 15 is 0 Å². The van der Waals surface area contributed by atoms with Crippen LogP contribution in [0.5, 0.6) is 0 Å². The molecule has 0 radical (unpaired) electrons. The highest BCUT2D eigenvalue weighted by atomic mass is 79.9. The maximum atomic E-state index is 12.1. The van der Waals surface area contributed by atoms with Gasteiger partial charge in [0.2, 0.25) is 0 Å². The summed E-state index contributed by atoms with van der Waals surface area (Å²) in [4.78, 5) is 12.1. The topological polar surface area (TPSA) is 26.3 Å². The van der Waals surface area contributed by atoms with Crippen LogP contribution in [0.3, 0.4) is 0 Å². The standard InChI is InChI=1S/C15H18Br4O2/c1-9(2)6-4-3-5-7-21-15(20)10-8-11(16)13(18)14(19)12(10)17/h8-9H,3-7H2,1-2H3. The van der Waals surface area contributed by atoms with Crippen LogP contribution in [0.4, 0.5) is 0 Å². The first kappa shape index (κ1) is 19.7. The van der Waals surface area contributed by atoms with E-state index < -0.39 is 0 Å². The second-order valence-electron chi connectivity index (χ2n) is 5.23. The first-order chi connectivity index (χ1) is 9.84. The van der Waals surface area contributed by atoms with Gasteiger partial charge in [-0.2, -0.15) is 0 Å². The zero-order chi connectivity index (χ0) is 16.0. The maximum Gasteiger partial charge on any atom is 0.339 e. The zero-order valence-corrected chi connectivity index (χ0v) is 18.4. The van der Waals surface area contributed by atoms with Crippen LogP contribution in [0.1, 0.15) is 49.9 Å². The summed E-state index contributed by atoms with van der Waals surface area (Å²) >= 11 is 13.7. The number of hydrogen-bond donors (Lipinski definition) is 0. The summed E-state index contributed by atoms with van der Waals surface area (Å²) in [7, 11) is 0. The summed E-state index contributed by atoms with van der Waals surface area (Å²) < 4.78 is 8.50. The minimum Gasteiger partial charge on any atom is -0.462 e. The van der Waals surface area contributed by atoms with E-state index in [-0.39, 0.29) is 5.97 Å². The van der Waals surface area contributed by atoms with Gasteiger partial charge in [-0.3, -0.25) is 0 Å². The predicted octanol–water partition coefficient (Wildman–Crippen LogP) is 7.11. The van der Waals surface area contributed by atoms with E-state index in [9.17, 15) is 4.79 Å². The van der Waals surface area contributed by atoms with E-state index in [1.165, 1.54) is 12.8 Å². The van der Waals surface area contributed by atoms with Gasteiger partial charge in [-0.15, -0.1) is 0 Å². The Morgan fingerprint density at radius 3 is 2.33 bits per heavy atom. The third kappa shape index (κ3) is 6.32. The number of carbonyl (C=O) groups is 1. The third-order valence-corrected chi connectivity index (χ3v) is 7.64. The normalized spacial score (nSPS) is 11.0. The summed E-state index contributed by atoms with van der Waals surface area (Å²) in [6, 6.07) is 1.75. The number of hydrogen-bond acceptors (Lipinski definition) is 2. The van der Waals surface area contributed by atoms with Gasteiger partial charge in [-0.1, -0.05) is 33.1 Å². The highest BCUT2D eigenvalue weighted by molar-refractivity contribution is 9.15. The quantitative estimate of drug-likeness (QED) is 0.157. The molecule has 118 valence electrons. The fourth-order valence-corrected chi connectivity index (χ4v) is 3.97. The predicted molar refractivity (Wildman–Crippen MR) is 101 cm³/mol. The monoisotopic (exact) mass is 546 g/mol. The van der Waals surface area contributed by atoms with Crippen LogP contribution in [-0.2, 0) is 4.74 Å². The molecule has 1 rings (SSSR count). The Labute approximate surface area is 159 Å². The van der Waals surface area contributed by atoms with Crippen molar-refractivity contribution in [2.45, 2.75) is 39.5 Å². The molecular formula is C15H18Br4O2. The van der Waals surface area contributed by atoms with Gasteiger partial charge in [0.05, 0.1) is 12.2 Å². The van der Waals surface area contributed by atoms with Crippen molar-refractivity contribution in [3.05, 3.63) is 29.5 Å². The van der Waals surface area contributed by atoms with E-state index in [1.807, 2.05) is 0 Å². The zero-order valence-electron chi connectivity index (χ0n) is 12.0. The Morgan fingerprint density at radius 1 is 1.05 bits per heavy atom. The molecule has 0 aliphatic rings. The lowest BCUT2D eigenvalue weighted by Crippen LogP contribution is -2.08. The van der Waals surface area contributed by atoms with Gasteiger partial charge in [0, 0.05) is 17.9 Å². The summed E-state index contributed by atoms with van der Waals surface area (Å²) in [5, 5.41) is 0. The summed E-state index contributed by atoms with van der Waals surface area (Å²) in [5.41, 5.74) is 0.513. The van der Waals surface area contributed by atoms with E-state index in [2.05, 4.69) is 77.6 Å². The molecule has 0 unspecified atom stereocenters. The Bertz CT molecular complexity index is 501. The Kier molecular flexibility index (Phi) is 9.06. The van der Waals surface area contributed by atoms with Crippen molar-refractivity contribution in [1.29, 1.82) is 0 Å². The van der Waals surface area contributed by atoms with E-state index in [0.29, 0.717) is 16.6 Å². The Morgan fingerprint density at radius 2 is 1.71 bits per heavy atom. The molecule has 0 atom stereocenters.